The third kappa shape index (κ3) is 4.97. The maximum absolute atomic E-state index is 12.4. The molecular weight excluding hydrogens is 384 g/mol. The summed E-state index contributed by atoms with van der Waals surface area (Å²) in [7, 11) is 0. The van der Waals surface area contributed by atoms with Crippen LogP contribution in [0, 0.1) is 0 Å². The zero-order valence-corrected chi connectivity index (χ0v) is 16.5. The molecule has 0 bridgehead atoms. The number of carbonyl (C=O) groups excluding carboxylic acids is 2. The van der Waals surface area contributed by atoms with E-state index in [4.69, 9.17) is 4.74 Å². The van der Waals surface area contributed by atoms with Crippen LogP contribution < -0.4 is 15.4 Å². The molecule has 2 amide bonds. The van der Waals surface area contributed by atoms with Gasteiger partial charge in [-0.2, -0.15) is 0 Å². The Morgan fingerprint density at radius 3 is 2.66 bits per heavy atom. The molecule has 3 aromatic rings. The predicted octanol–water partition coefficient (Wildman–Crippen LogP) is 4.74. The Hall–Kier alpha value is -3.25. The molecule has 146 valence electrons. The molecule has 0 radical (unpaired) electrons. The standard InChI is InChI=1S/C23H20N2O3S/c26-22-13-10-16-14-17(11-12-19(16)24-22)28-15-23(27)25-20-8-4-5-9-21(20)29-18-6-2-1-3-7-18/h1-9,11-12,14H,10,13,15H2,(H,24,26)(H,25,27). The molecule has 0 aromatic heterocycles. The maximum Gasteiger partial charge on any atom is 0.262 e. The predicted molar refractivity (Wildman–Crippen MR) is 115 cm³/mol. The highest BCUT2D eigenvalue weighted by Gasteiger charge is 2.15. The molecule has 3 aromatic carbocycles. The fraction of sp³-hybridized carbons (Fsp3) is 0.130. The van der Waals surface area contributed by atoms with Gasteiger partial charge in [0.05, 0.1) is 5.69 Å². The number of carbonyl (C=O) groups is 2. The van der Waals surface area contributed by atoms with Gasteiger partial charge >= 0.3 is 0 Å². The average Bonchev–Trinajstić information content (AvgIpc) is 2.74. The fourth-order valence-electron chi connectivity index (χ4n) is 3.06. The van der Waals surface area contributed by atoms with Gasteiger partial charge in [0.2, 0.25) is 5.91 Å². The zero-order valence-electron chi connectivity index (χ0n) is 15.7. The Labute approximate surface area is 173 Å². The molecule has 2 N–H and O–H groups in total. The van der Waals surface area contributed by atoms with Gasteiger partial charge in [-0.1, -0.05) is 42.1 Å². The Kier molecular flexibility index (Phi) is 5.81. The monoisotopic (exact) mass is 404 g/mol. The molecule has 0 aliphatic carbocycles. The van der Waals surface area contributed by atoms with Gasteiger partial charge in [0.1, 0.15) is 5.75 Å². The second-order valence-electron chi connectivity index (χ2n) is 6.62. The molecule has 1 heterocycles. The maximum atomic E-state index is 12.4. The highest BCUT2D eigenvalue weighted by atomic mass is 32.2. The van der Waals surface area contributed by atoms with Gasteiger partial charge in [-0.15, -0.1) is 0 Å². The minimum absolute atomic E-state index is 0.0255. The van der Waals surface area contributed by atoms with E-state index >= 15 is 0 Å². The van der Waals surface area contributed by atoms with Crippen LogP contribution >= 0.6 is 11.8 Å². The van der Waals surface area contributed by atoms with Crippen molar-refractivity contribution in [2.45, 2.75) is 22.6 Å². The van der Waals surface area contributed by atoms with Crippen LogP contribution in [0.1, 0.15) is 12.0 Å². The second kappa shape index (κ2) is 8.84. The number of fused-ring (bicyclic) bond motifs is 1. The minimum atomic E-state index is -0.225. The number of nitrogens with one attached hydrogen (secondary N) is 2. The van der Waals surface area contributed by atoms with E-state index in [-0.39, 0.29) is 18.4 Å². The van der Waals surface area contributed by atoms with Gasteiger partial charge in [0.15, 0.2) is 6.61 Å². The van der Waals surface area contributed by atoms with Crippen molar-refractivity contribution in [1.82, 2.24) is 0 Å². The van der Waals surface area contributed by atoms with Gasteiger partial charge in [0.25, 0.3) is 5.91 Å². The van der Waals surface area contributed by atoms with Crippen molar-refractivity contribution in [2.24, 2.45) is 0 Å². The molecule has 4 rings (SSSR count). The molecule has 0 spiro atoms. The number of anilines is 2. The van der Waals surface area contributed by atoms with E-state index in [0.717, 1.165) is 26.7 Å². The lowest BCUT2D eigenvalue weighted by atomic mass is 10.0. The number of rotatable bonds is 6. The smallest absolute Gasteiger partial charge is 0.262 e. The number of para-hydroxylation sites is 1. The third-order valence-corrected chi connectivity index (χ3v) is 5.56. The highest BCUT2D eigenvalue weighted by Crippen LogP contribution is 2.33. The number of hydrogen-bond acceptors (Lipinski definition) is 4. The van der Waals surface area contributed by atoms with Gasteiger partial charge in [0, 0.05) is 21.9 Å². The van der Waals surface area contributed by atoms with Crippen LogP contribution in [0.25, 0.3) is 0 Å². The lowest BCUT2D eigenvalue weighted by Gasteiger charge is -2.17. The van der Waals surface area contributed by atoms with Crippen LogP contribution in [0.3, 0.4) is 0 Å². The lowest BCUT2D eigenvalue weighted by Crippen LogP contribution is -2.21. The molecule has 1 aliphatic heterocycles. The summed E-state index contributed by atoms with van der Waals surface area (Å²) in [6.07, 6.45) is 1.14. The number of amides is 2. The van der Waals surface area contributed by atoms with Crippen molar-refractivity contribution in [1.29, 1.82) is 0 Å². The van der Waals surface area contributed by atoms with E-state index in [1.807, 2.05) is 66.7 Å². The first kappa shape index (κ1) is 19.1. The molecule has 0 fully saturated rings. The molecular formula is C23H20N2O3S. The fourth-order valence-corrected chi connectivity index (χ4v) is 3.98. The van der Waals surface area contributed by atoms with E-state index < -0.39 is 0 Å². The Balaban J connectivity index is 1.37. The van der Waals surface area contributed by atoms with E-state index in [9.17, 15) is 9.59 Å². The molecule has 6 heteroatoms. The summed E-state index contributed by atoms with van der Waals surface area (Å²) in [5.74, 6) is 0.414. The van der Waals surface area contributed by atoms with Crippen LogP contribution in [0.15, 0.2) is 82.6 Å². The van der Waals surface area contributed by atoms with Crippen molar-refractivity contribution in [3.63, 3.8) is 0 Å². The Bertz CT molecular complexity index is 1040. The number of aryl methyl sites for hydroxylation is 1. The SMILES string of the molecule is O=C1CCc2cc(OCC(=O)Nc3ccccc3Sc3ccccc3)ccc2N1. The van der Waals surface area contributed by atoms with Crippen molar-refractivity contribution in [2.75, 3.05) is 17.2 Å². The first-order valence-corrected chi connectivity index (χ1v) is 10.2. The van der Waals surface area contributed by atoms with E-state index in [1.165, 1.54) is 0 Å². The van der Waals surface area contributed by atoms with Crippen molar-refractivity contribution in [3.05, 3.63) is 78.4 Å². The molecule has 29 heavy (non-hydrogen) atoms. The molecule has 0 saturated carbocycles. The third-order valence-electron chi connectivity index (χ3n) is 4.47. The normalized spacial score (nSPS) is 12.6. The van der Waals surface area contributed by atoms with Crippen molar-refractivity contribution in [3.8, 4) is 5.75 Å². The van der Waals surface area contributed by atoms with Crippen LogP contribution in [0.5, 0.6) is 5.75 Å². The largest absolute Gasteiger partial charge is 0.484 e. The quantitative estimate of drug-likeness (QED) is 0.623. The average molecular weight is 404 g/mol. The summed E-state index contributed by atoms with van der Waals surface area (Å²) in [6, 6.07) is 23.2. The first-order valence-electron chi connectivity index (χ1n) is 9.35. The van der Waals surface area contributed by atoms with Gasteiger partial charge in [-0.3, -0.25) is 9.59 Å². The van der Waals surface area contributed by atoms with Gasteiger partial charge < -0.3 is 15.4 Å². The van der Waals surface area contributed by atoms with Gasteiger partial charge in [-0.05, 0) is 54.4 Å². The van der Waals surface area contributed by atoms with Crippen LogP contribution in [-0.4, -0.2) is 18.4 Å². The van der Waals surface area contributed by atoms with Gasteiger partial charge in [-0.25, -0.2) is 0 Å². The summed E-state index contributed by atoms with van der Waals surface area (Å²) in [5, 5.41) is 5.76. The van der Waals surface area contributed by atoms with Crippen LogP contribution in [0.4, 0.5) is 11.4 Å². The van der Waals surface area contributed by atoms with Crippen LogP contribution in [0.2, 0.25) is 0 Å². The molecule has 5 nitrogen and oxygen atoms in total. The highest BCUT2D eigenvalue weighted by molar-refractivity contribution is 7.99. The summed E-state index contributed by atoms with van der Waals surface area (Å²) in [6.45, 7) is -0.0878. The lowest BCUT2D eigenvalue weighted by molar-refractivity contribution is -0.118. The molecule has 1 aliphatic rings. The van der Waals surface area contributed by atoms with E-state index in [0.29, 0.717) is 18.6 Å². The van der Waals surface area contributed by atoms with E-state index in [2.05, 4.69) is 10.6 Å². The summed E-state index contributed by atoms with van der Waals surface area (Å²) in [5.41, 5.74) is 2.58. The molecule has 0 atom stereocenters. The first-order chi connectivity index (χ1) is 14.2. The zero-order chi connectivity index (χ0) is 20.1. The number of hydrogen-bond donors (Lipinski definition) is 2. The number of benzene rings is 3. The summed E-state index contributed by atoms with van der Waals surface area (Å²) in [4.78, 5) is 25.9. The van der Waals surface area contributed by atoms with Crippen molar-refractivity contribution < 1.29 is 14.3 Å². The van der Waals surface area contributed by atoms with E-state index in [1.54, 1.807) is 17.8 Å². The summed E-state index contributed by atoms with van der Waals surface area (Å²) >= 11 is 1.60. The Morgan fingerprint density at radius 1 is 1.00 bits per heavy atom. The molecule has 0 saturated heterocycles. The van der Waals surface area contributed by atoms with Crippen LogP contribution in [-0.2, 0) is 16.0 Å². The summed E-state index contributed by atoms with van der Waals surface area (Å²) < 4.78 is 5.66. The van der Waals surface area contributed by atoms with Crippen molar-refractivity contribution >= 4 is 35.0 Å². The molecule has 0 unspecified atom stereocenters. The minimum Gasteiger partial charge on any atom is -0.484 e. The second-order valence-corrected chi connectivity index (χ2v) is 7.73. The topological polar surface area (TPSA) is 67.4 Å². The number of ether oxygens (including phenoxy) is 1. The Morgan fingerprint density at radius 2 is 1.79 bits per heavy atom.